The van der Waals surface area contributed by atoms with E-state index in [0.717, 1.165) is 6.34 Å². The lowest BCUT2D eigenvalue weighted by atomic mass is 10.6. The average molecular weight is 127 g/mol. The predicted molar refractivity (Wildman–Crippen MR) is 28.0 cm³/mol. The molecule has 0 aliphatic carbocycles. The molecule has 1 amide bonds. The van der Waals surface area contributed by atoms with Gasteiger partial charge in [0.1, 0.15) is 6.34 Å². The summed E-state index contributed by atoms with van der Waals surface area (Å²) in [5.41, 5.74) is 4.62. The minimum atomic E-state index is -0.757. The summed E-state index contributed by atoms with van der Waals surface area (Å²) in [4.78, 5) is 13.7. The molecule has 0 aromatic carbocycles. The standard InChI is InChI=1S/C3H3N4O2/c8-3(7-9)2-4-1-5-6-2/h1,9H,(H,7,8). The first-order valence-corrected chi connectivity index (χ1v) is 2.09. The number of amides is 1. The molecule has 6 nitrogen and oxygen atoms in total. The van der Waals surface area contributed by atoms with Gasteiger partial charge in [0.15, 0.2) is 0 Å². The number of nitrogens with zero attached hydrogens (tertiary/aromatic N) is 3. The summed E-state index contributed by atoms with van der Waals surface area (Å²) in [6.45, 7) is 0. The van der Waals surface area contributed by atoms with E-state index in [1.807, 2.05) is 0 Å². The van der Waals surface area contributed by atoms with Gasteiger partial charge in [-0.15, -0.1) is 10.5 Å². The number of aliphatic imine (C=N–C) groups is 1. The fourth-order valence-electron chi connectivity index (χ4n) is 0.341. The van der Waals surface area contributed by atoms with Crippen LogP contribution in [0.1, 0.15) is 0 Å². The van der Waals surface area contributed by atoms with Gasteiger partial charge >= 0.3 is 5.91 Å². The summed E-state index contributed by atoms with van der Waals surface area (Å²) < 4.78 is 0. The second-order valence-electron chi connectivity index (χ2n) is 1.22. The third kappa shape index (κ3) is 1.03. The number of rotatable bonds is 1. The van der Waals surface area contributed by atoms with E-state index in [2.05, 4.69) is 15.5 Å². The summed E-state index contributed by atoms with van der Waals surface area (Å²) in [6.07, 6.45) is 1.12. The Hall–Kier alpha value is -1.43. The maximum atomic E-state index is 10.3. The highest BCUT2D eigenvalue weighted by atomic mass is 16.5. The number of carbonyl (C=O) groups excluding carboxylic acids is 1. The maximum Gasteiger partial charge on any atom is 0.314 e. The normalized spacial score (nSPS) is 14.6. The highest BCUT2D eigenvalue weighted by molar-refractivity contribution is 6.39. The monoisotopic (exact) mass is 127 g/mol. The van der Waals surface area contributed by atoms with E-state index >= 15 is 0 Å². The highest BCUT2D eigenvalue weighted by Gasteiger charge is 2.11. The zero-order valence-corrected chi connectivity index (χ0v) is 4.27. The molecule has 0 aromatic rings. The summed E-state index contributed by atoms with van der Waals surface area (Å²) in [5.74, 6) is -0.898. The third-order valence-electron chi connectivity index (χ3n) is 0.689. The first kappa shape index (κ1) is 5.70. The molecular formula is C3H3N4O2. The third-order valence-corrected chi connectivity index (χ3v) is 0.689. The van der Waals surface area contributed by atoms with Crippen molar-refractivity contribution < 1.29 is 10.0 Å². The second-order valence-corrected chi connectivity index (χ2v) is 1.22. The Morgan fingerprint density at radius 1 is 1.78 bits per heavy atom. The van der Waals surface area contributed by atoms with E-state index in [-0.39, 0.29) is 5.84 Å². The van der Waals surface area contributed by atoms with Crippen LogP contribution in [-0.4, -0.2) is 23.3 Å². The van der Waals surface area contributed by atoms with Crippen molar-refractivity contribution in [1.29, 1.82) is 0 Å². The lowest BCUT2D eigenvalue weighted by Crippen LogP contribution is -2.25. The van der Waals surface area contributed by atoms with Crippen molar-refractivity contribution in [2.75, 3.05) is 0 Å². The second kappa shape index (κ2) is 2.23. The Morgan fingerprint density at radius 2 is 2.56 bits per heavy atom. The van der Waals surface area contributed by atoms with Crippen LogP contribution in [0, 0.1) is 0 Å². The fourth-order valence-corrected chi connectivity index (χ4v) is 0.341. The maximum absolute atomic E-state index is 10.3. The lowest BCUT2D eigenvalue weighted by molar-refractivity contribution is -0.122. The van der Waals surface area contributed by atoms with Crippen LogP contribution in [0.15, 0.2) is 10.1 Å². The summed E-state index contributed by atoms with van der Waals surface area (Å²) in [5, 5.41) is 11.3. The van der Waals surface area contributed by atoms with Gasteiger partial charge in [-0.2, -0.15) is 0 Å². The highest BCUT2D eigenvalue weighted by Crippen LogP contribution is 1.84. The molecular weight excluding hydrogens is 124 g/mol. The Balaban J connectivity index is 2.62. The van der Waals surface area contributed by atoms with Crippen molar-refractivity contribution in [2.24, 2.45) is 10.1 Å². The van der Waals surface area contributed by atoms with Crippen LogP contribution >= 0.6 is 0 Å². The Labute approximate surface area is 50.2 Å². The summed E-state index contributed by atoms with van der Waals surface area (Å²) in [7, 11) is 0. The van der Waals surface area contributed by atoms with E-state index in [9.17, 15) is 4.79 Å². The molecule has 0 spiro atoms. The molecule has 0 aromatic heterocycles. The molecule has 0 atom stereocenters. The lowest BCUT2D eigenvalue weighted by Gasteiger charge is -1.88. The Kier molecular flexibility index (Phi) is 1.41. The number of nitrogens with one attached hydrogen (secondary N) is 1. The van der Waals surface area contributed by atoms with Crippen molar-refractivity contribution in [3.05, 3.63) is 0 Å². The van der Waals surface area contributed by atoms with Crippen LogP contribution in [0.5, 0.6) is 0 Å². The minimum Gasteiger partial charge on any atom is -0.288 e. The van der Waals surface area contributed by atoms with Crippen LogP contribution in [0.3, 0.4) is 0 Å². The van der Waals surface area contributed by atoms with Crippen LogP contribution in [0.25, 0.3) is 0 Å². The fraction of sp³-hybridized carbons (Fsp3) is 0. The van der Waals surface area contributed by atoms with Gasteiger partial charge in [0.05, 0.1) is 0 Å². The number of carbonyl (C=O) groups is 1. The van der Waals surface area contributed by atoms with Crippen molar-refractivity contribution in [1.82, 2.24) is 10.9 Å². The van der Waals surface area contributed by atoms with Gasteiger partial charge in [-0.25, -0.2) is 10.5 Å². The van der Waals surface area contributed by atoms with Gasteiger partial charge < -0.3 is 0 Å². The first-order valence-electron chi connectivity index (χ1n) is 2.09. The molecule has 1 heterocycles. The van der Waals surface area contributed by atoms with E-state index in [4.69, 9.17) is 5.21 Å². The zero-order chi connectivity index (χ0) is 6.69. The summed E-state index contributed by atoms with van der Waals surface area (Å²) >= 11 is 0. The van der Waals surface area contributed by atoms with Gasteiger partial charge in [0.25, 0.3) is 0 Å². The van der Waals surface area contributed by atoms with Crippen LogP contribution in [-0.2, 0) is 4.79 Å². The smallest absolute Gasteiger partial charge is 0.288 e. The first-order chi connectivity index (χ1) is 4.34. The van der Waals surface area contributed by atoms with Gasteiger partial charge in [0, 0.05) is 0 Å². The van der Waals surface area contributed by atoms with E-state index in [1.165, 1.54) is 5.48 Å². The molecule has 0 unspecified atom stereocenters. The molecule has 6 heteroatoms. The Bertz CT molecular complexity index is 184. The van der Waals surface area contributed by atoms with Gasteiger partial charge in [-0.1, -0.05) is 0 Å². The van der Waals surface area contributed by atoms with Gasteiger partial charge in [0.2, 0.25) is 5.84 Å². The summed E-state index contributed by atoms with van der Waals surface area (Å²) in [6, 6.07) is 0. The molecule has 1 aliphatic heterocycles. The van der Waals surface area contributed by atoms with E-state index in [1.54, 1.807) is 0 Å². The average Bonchev–Trinajstić information content (AvgIpc) is 2.37. The molecule has 1 radical (unpaired) electrons. The number of hydrogen-bond donors (Lipinski definition) is 2. The van der Waals surface area contributed by atoms with Gasteiger partial charge in [-0.3, -0.25) is 10.0 Å². The predicted octanol–water partition coefficient (Wildman–Crippen LogP) is -1.55. The van der Waals surface area contributed by atoms with E-state index < -0.39 is 5.91 Å². The van der Waals surface area contributed by atoms with Crippen LogP contribution < -0.4 is 10.9 Å². The molecule has 1 aliphatic rings. The van der Waals surface area contributed by atoms with Crippen molar-refractivity contribution >= 4 is 18.1 Å². The molecule has 2 N–H and O–H groups in total. The van der Waals surface area contributed by atoms with Crippen molar-refractivity contribution in [2.45, 2.75) is 0 Å². The SMILES string of the molecule is O=C(NO)C1=N[N]C=N1. The molecule has 1 rings (SSSR count). The van der Waals surface area contributed by atoms with Crippen LogP contribution in [0.2, 0.25) is 0 Å². The van der Waals surface area contributed by atoms with Crippen molar-refractivity contribution in [3.63, 3.8) is 0 Å². The molecule has 47 valence electrons. The number of hydroxylamine groups is 1. The molecule has 0 bridgehead atoms. The molecule has 0 saturated carbocycles. The largest absolute Gasteiger partial charge is 0.314 e. The van der Waals surface area contributed by atoms with E-state index in [0.29, 0.717) is 0 Å². The molecule has 9 heavy (non-hydrogen) atoms. The molecule has 0 saturated heterocycles. The zero-order valence-electron chi connectivity index (χ0n) is 4.27. The molecule has 0 fully saturated rings. The Morgan fingerprint density at radius 3 is 3.00 bits per heavy atom. The topological polar surface area (TPSA) is 88.1 Å². The minimum absolute atomic E-state index is 0.141. The quantitative estimate of drug-likeness (QED) is 0.330. The van der Waals surface area contributed by atoms with Crippen LogP contribution in [0.4, 0.5) is 0 Å². The van der Waals surface area contributed by atoms with Gasteiger partial charge in [-0.05, 0) is 0 Å². The van der Waals surface area contributed by atoms with Crippen molar-refractivity contribution in [3.8, 4) is 0 Å². The number of amidine groups is 1. The number of hydrogen-bond acceptors (Lipinski definition) is 4.